The number of hydrogen-bond donors (Lipinski definition) is 5. The zero-order valence-electron chi connectivity index (χ0n) is 25.5. The van der Waals surface area contributed by atoms with Gasteiger partial charge in [-0.15, -0.1) is 0 Å². The Bertz CT molecular complexity index is 1330. The van der Waals surface area contributed by atoms with Crippen molar-refractivity contribution < 1.29 is 9.59 Å². The van der Waals surface area contributed by atoms with Crippen molar-refractivity contribution in [3.05, 3.63) is 95.9 Å². The third-order valence-electron chi connectivity index (χ3n) is 7.68. The van der Waals surface area contributed by atoms with Crippen LogP contribution in [-0.4, -0.2) is 42.1 Å². The largest absolute Gasteiger partial charge is 0.354 e. The van der Waals surface area contributed by atoms with Crippen LogP contribution in [0.4, 0.5) is 16.2 Å². The number of amides is 3. The molecule has 0 radical (unpaired) electrons. The Morgan fingerprint density at radius 1 is 0.953 bits per heavy atom. The van der Waals surface area contributed by atoms with Crippen molar-refractivity contribution in [3.63, 3.8) is 0 Å². The number of nitrogens with zero attached hydrogens (tertiary/aromatic N) is 2. The van der Waals surface area contributed by atoms with Crippen LogP contribution in [-0.2, 0) is 11.3 Å². The minimum Gasteiger partial charge on any atom is -0.354 e. The summed E-state index contributed by atoms with van der Waals surface area (Å²) < 4.78 is 0. The average Bonchev–Trinajstić information content (AvgIpc) is 3.39. The molecule has 2 aromatic carbocycles. The van der Waals surface area contributed by atoms with E-state index in [0.29, 0.717) is 24.8 Å². The summed E-state index contributed by atoms with van der Waals surface area (Å²) in [6.07, 6.45) is 8.97. The molecule has 0 saturated heterocycles. The predicted molar refractivity (Wildman–Crippen MR) is 174 cm³/mol. The maximum atomic E-state index is 13.5. The van der Waals surface area contributed by atoms with E-state index in [1.165, 1.54) is 19.3 Å². The Kier molecular flexibility index (Phi) is 12.1. The number of anilines is 2. The summed E-state index contributed by atoms with van der Waals surface area (Å²) in [6.45, 7) is 8.44. The number of rotatable bonds is 15. The maximum absolute atomic E-state index is 13.5. The minimum atomic E-state index is -0.531. The van der Waals surface area contributed by atoms with Crippen molar-refractivity contribution in [3.8, 4) is 0 Å². The fourth-order valence-corrected chi connectivity index (χ4v) is 5.23. The lowest BCUT2D eigenvalue weighted by Gasteiger charge is -2.23. The molecule has 0 fully saturated rings. The second-order valence-corrected chi connectivity index (χ2v) is 10.8. The van der Waals surface area contributed by atoms with E-state index >= 15 is 0 Å². The molecule has 9 heteroatoms. The normalized spacial score (nSPS) is 15.3. The van der Waals surface area contributed by atoms with Crippen LogP contribution < -0.4 is 31.7 Å². The topological polar surface area (TPSA) is 110 Å². The van der Waals surface area contributed by atoms with Crippen LogP contribution >= 0.6 is 0 Å². The van der Waals surface area contributed by atoms with Gasteiger partial charge in [-0.25, -0.2) is 10.2 Å². The van der Waals surface area contributed by atoms with Gasteiger partial charge in [-0.05, 0) is 74.2 Å². The average molecular weight is 584 g/mol. The van der Waals surface area contributed by atoms with E-state index in [2.05, 4.69) is 45.5 Å². The molecular weight excluding hydrogens is 538 g/mol. The number of hydrogen-bond acceptors (Lipinski definition) is 6. The highest BCUT2D eigenvalue weighted by Crippen LogP contribution is 2.33. The van der Waals surface area contributed by atoms with Gasteiger partial charge < -0.3 is 21.3 Å². The Hall–Kier alpha value is -4.21. The maximum Gasteiger partial charge on any atom is 0.319 e. The summed E-state index contributed by atoms with van der Waals surface area (Å²) in [7, 11) is 0. The summed E-state index contributed by atoms with van der Waals surface area (Å²) in [5.74, 6) is -0.0508. The van der Waals surface area contributed by atoms with Crippen molar-refractivity contribution in [2.24, 2.45) is 0 Å². The fourth-order valence-electron chi connectivity index (χ4n) is 5.23. The molecule has 1 aliphatic heterocycles. The zero-order chi connectivity index (χ0) is 30.4. The quantitative estimate of drug-likeness (QED) is 0.149. The molecule has 0 aliphatic carbocycles. The molecule has 43 heavy (non-hydrogen) atoms. The standard InChI is InChI=1S/C34H45N7O2/c1-4-6-10-21-36-28(5-2)19-22-37-33(42)32-31(27-13-8-7-9-14-27)25(3)41(40-32)30-17-15-29(16-18-30)39-34(43)38-24-26-12-11-20-35-23-26/h7-9,11-18,20,23,28,32,36,40H,4-6,10,19,21-22,24H2,1-3H3,(H,37,42)(H2,38,39,43). The Balaban J connectivity index is 1.39. The molecule has 2 atom stereocenters. The molecule has 0 spiro atoms. The summed E-state index contributed by atoms with van der Waals surface area (Å²) >= 11 is 0. The lowest BCUT2D eigenvalue weighted by molar-refractivity contribution is -0.121. The van der Waals surface area contributed by atoms with Crippen molar-refractivity contribution in [1.82, 2.24) is 26.4 Å². The van der Waals surface area contributed by atoms with Crippen molar-refractivity contribution >= 4 is 28.9 Å². The molecule has 4 rings (SSSR count). The number of pyridine rings is 1. The smallest absolute Gasteiger partial charge is 0.319 e. The first kappa shape index (κ1) is 31.7. The van der Waals surface area contributed by atoms with Gasteiger partial charge in [0.2, 0.25) is 5.91 Å². The van der Waals surface area contributed by atoms with Gasteiger partial charge in [-0.1, -0.05) is 63.1 Å². The molecule has 3 aromatic rings. The highest BCUT2D eigenvalue weighted by molar-refractivity contribution is 5.99. The first-order valence-electron chi connectivity index (χ1n) is 15.4. The van der Waals surface area contributed by atoms with Gasteiger partial charge in [-0.2, -0.15) is 0 Å². The van der Waals surface area contributed by atoms with E-state index in [-0.39, 0.29) is 11.9 Å². The van der Waals surface area contributed by atoms with Crippen molar-refractivity contribution in [1.29, 1.82) is 0 Å². The van der Waals surface area contributed by atoms with Crippen LogP contribution in [0.1, 0.15) is 64.0 Å². The monoisotopic (exact) mass is 583 g/mol. The lowest BCUT2D eigenvalue weighted by atomic mass is 9.97. The van der Waals surface area contributed by atoms with Gasteiger partial charge in [0.25, 0.3) is 0 Å². The number of nitrogens with one attached hydrogen (secondary N) is 5. The van der Waals surface area contributed by atoms with Crippen molar-refractivity contribution in [2.75, 3.05) is 23.4 Å². The van der Waals surface area contributed by atoms with Gasteiger partial charge in [0.15, 0.2) is 0 Å². The van der Waals surface area contributed by atoms with E-state index in [9.17, 15) is 9.59 Å². The molecule has 2 heterocycles. The van der Waals surface area contributed by atoms with Crippen LogP contribution in [0.15, 0.2) is 84.8 Å². The Labute approximate surface area is 255 Å². The number of aromatic nitrogens is 1. The predicted octanol–water partition coefficient (Wildman–Crippen LogP) is 5.59. The van der Waals surface area contributed by atoms with Gasteiger partial charge >= 0.3 is 6.03 Å². The molecule has 3 amide bonds. The number of allylic oxidation sites excluding steroid dienone is 1. The first-order valence-corrected chi connectivity index (χ1v) is 15.4. The number of urea groups is 1. The van der Waals surface area contributed by atoms with E-state index in [0.717, 1.165) is 47.5 Å². The summed E-state index contributed by atoms with van der Waals surface area (Å²) in [4.78, 5) is 30.0. The highest BCUT2D eigenvalue weighted by atomic mass is 16.2. The Morgan fingerprint density at radius 3 is 2.44 bits per heavy atom. The van der Waals surface area contributed by atoms with E-state index < -0.39 is 6.04 Å². The molecule has 1 aliphatic rings. The summed E-state index contributed by atoms with van der Waals surface area (Å²) in [5.41, 5.74) is 8.78. The molecule has 9 nitrogen and oxygen atoms in total. The van der Waals surface area contributed by atoms with Crippen molar-refractivity contribution in [2.45, 2.75) is 71.5 Å². The third kappa shape index (κ3) is 9.14. The van der Waals surface area contributed by atoms with Gasteiger partial charge in [0.05, 0.1) is 5.69 Å². The number of hydrazine groups is 1. The number of benzene rings is 2. The highest BCUT2D eigenvalue weighted by Gasteiger charge is 2.35. The SMILES string of the molecule is CCCCCNC(CC)CCNC(=O)C1NN(c2ccc(NC(=O)NCc3cccnc3)cc2)C(C)=C1c1ccccc1. The van der Waals surface area contributed by atoms with Gasteiger partial charge in [-0.3, -0.25) is 14.8 Å². The fraction of sp³-hybridized carbons (Fsp3) is 0.382. The minimum absolute atomic E-state index is 0.0508. The number of carbonyl (C=O) groups excluding carboxylic acids is 2. The van der Waals surface area contributed by atoms with Crippen LogP contribution in [0.5, 0.6) is 0 Å². The van der Waals surface area contributed by atoms with E-state index in [1.54, 1.807) is 12.4 Å². The van der Waals surface area contributed by atoms with Crippen LogP contribution in [0.25, 0.3) is 5.57 Å². The number of carbonyl (C=O) groups is 2. The van der Waals surface area contributed by atoms with E-state index in [4.69, 9.17) is 0 Å². The molecular formula is C34H45N7O2. The molecule has 228 valence electrons. The van der Waals surface area contributed by atoms with Crippen LogP contribution in [0, 0.1) is 0 Å². The molecule has 2 unspecified atom stereocenters. The third-order valence-corrected chi connectivity index (χ3v) is 7.68. The Morgan fingerprint density at radius 2 is 1.74 bits per heavy atom. The number of unbranched alkanes of at least 4 members (excludes halogenated alkanes) is 2. The zero-order valence-corrected chi connectivity index (χ0v) is 25.5. The molecule has 5 N–H and O–H groups in total. The second kappa shape index (κ2) is 16.4. The first-order chi connectivity index (χ1) is 21.0. The summed E-state index contributed by atoms with van der Waals surface area (Å²) in [6, 6.07) is 20.9. The lowest BCUT2D eigenvalue weighted by Crippen LogP contribution is -2.47. The van der Waals surface area contributed by atoms with E-state index in [1.807, 2.05) is 78.7 Å². The van der Waals surface area contributed by atoms with Crippen LogP contribution in [0.3, 0.4) is 0 Å². The summed E-state index contributed by atoms with van der Waals surface area (Å²) in [5, 5.41) is 14.5. The van der Waals surface area contributed by atoms with Crippen LogP contribution in [0.2, 0.25) is 0 Å². The van der Waals surface area contributed by atoms with Gasteiger partial charge in [0, 0.05) is 48.5 Å². The molecule has 1 aromatic heterocycles. The van der Waals surface area contributed by atoms with Gasteiger partial charge in [0.1, 0.15) is 6.04 Å². The molecule has 0 saturated carbocycles. The second-order valence-electron chi connectivity index (χ2n) is 10.8. The molecule has 0 bridgehead atoms.